The summed E-state index contributed by atoms with van der Waals surface area (Å²) in [4.78, 5) is 0. The van der Waals surface area contributed by atoms with Crippen LogP contribution in [-0.2, 0) is 0 Å². The largest absolute Gasteiger partial charge is 0.192 e. The van der Waals surface area contributed by atoms with Crippen molar-refractivity contribution in [2.24, 2.45) is 0 Å². The highest BCUT2D eigenvalue weighted by Crippen LogP contribution is 2.45. The summed E-state index contributed by atoms with van der Waals surface area (Å²) in [5.74, 6) is 0. The molecular formula is C38H20N2S2. The summed E-state index contributed by atoms with van der Waals surface area (Å²) in [6.07, 6.45) is 0. The summed E-state index contributed by atoms with van der Waals surface area (Å²) in [7, 11) is 0. The van der Waals surface area contributed by atoms with Crippen molar-refractivity contribution >= 4 is 63.0 Å². The highest BCUT2D eigenvalue weighted by molar-refractivity contribution is 7.26. The molecule has 2 aromatic heterocycles. The highest BCUT2D eigenvalue weighted by Gasteiger charge is 2.20. The third-order valence-corrected chi connectivity index (χ3v) is 10.3. The smallest absolute Gasteiger partial charge is 0.100 e. The molecule has 194 valence electrons. The lowest BCUT2D eigenvalue weighted by Gasteiger charge is -2.16. The van der Waals surface area contributed by atoms with Gasteiger partial charge < -0.3 is 0 Å². The van der Waals surface area contributed by atoms with Crippen LogP contribution in [0.25, 0.3) is 73.7 Å². The summed E-state index contributed by atoms with van der Waals surface area (Å²) in [5, 5.41) is 25.6. The third-order valence-electron chi connectivity index (χ3n) is 7.99. The van der Waals surface area contributed by atoms with Gasteiger partial charge in [0.2, 0.25) is 0 Å². The Morgan fingerprint density at radius 1 is 0.429 bits per heavy atom. The average Bonchev–Trinajstić information content (AvgIpc) is 3.62. The van der Waals surface area contributed by atoms with E-state index in [0.717, 1.165) is 38.1 Å². The minimum Gasteiger partial charge on any atom is -0.192 e. The Balaban J connectivity index is 1.45. The van der Waals surface area contributed by atoms with Crippen LogP contribution in [0.5, 0.6) is 0 Å². The van der Waals surface area contributed by atoms with E-state index in [4.69, 9.17) is 0 Å². The second-order valence-corrected chi connectivity index (χ2v) is 12.4. The van der Waals surface area contributed by atoms with Crippen LogP contribution >= 0.6 is 22.7 Å². The topological polar surface area (TPSA) is 47.6 Å². The van der Waals surface area contributed by atoms with Gasteiger partial charge in [-0.05, 0) is 47.5 Å². The van der Waals surface area contributed by atoms with Crippen molar-refractivity contribution in [2.45, 2.75) is 0 Å². The molecule has 0 amide bonds. The van der Waals surface area contributed by atoms with Gasteiger partial charge in [-0.1, -0.05) is 84.9 Å². The van der Waals surface area contributed by atoms with Crippen molar-refractivity contribution in [3.05, 3.63) is 132 Å². The maximum Gasteiger partial charge on any atom is 0.100 e. The molecule has 0 spiro atoms. The lowest BCUT2D eigenvalue weighted by Crippen LogP contribution is -1.94. The van der Waals surface area contributed by atoms with Gasteiger partial charge in [0, 0.05) is 62.6 Å². The first-order valence-corrected chi connectivity index (χ1v) is 15.3. The number of hydrogen-bond donors (Lipinski definition) is 0. The SMILES string of the molecule is N#Cc1ccccc1-c1cc(-c2ccc3c(c2)sc2ccccc23)cc(-c2cccc3c2sc2ccccc23)c1C#N. The summed E-state index contributed by atoms with van der Waals surface area (Å²) in [6.45, 7) is 0. The number of fused-ring (bicyclic) bond motifs is 6. The molecule has 0 radical (unpaired) electrons. The number of rotatable bonds is 3. The third kappa shape index (κ3) is 3.75. The predicted molar refractivity (Wildman–Crippen MR) is 178 cm³/mol. The van der Waals surface area contributed by atoms with Gasteiger partial charge in [0.05, 0.1) is 17.2 Å². The van der Waals surface area contributed by atoms with Gasteiger partial charge in [0.15, 0.2) is 0 Å². The van der Waals surface area contributed by atoms with E-state index >= 15 is 0 Å². The Morgan fingerprint density at radius 2 is 1.05 bits per heavy atom. The molecule has 42 heavy (non-hydrogen) atoms. The summed E-state index contributed by atoms with van der Waals surface area (Å²) >= 11 is 3.55. The minimum absolute atomic E-state index is 0.553. The fraction of sp³-hybridized carbons (Fsp3) is 0. The second kappa shape index (κ2) is 9.68. The number of hydrogen-bond acceptors (Lipinski definition) is 4. The molecule has 4 heteroatoms. The number of benzene rings is 6. The van der Waals surface area contributed by atoms with E-state index in [2.05, 4.69) is 109 Å². The normalized spacial score (nSPS) is 11.3. The van der Waals surface area contributed by atoms with E-state index in [1.54, 1.807) is 22.7 Å². The van der Waals surface area contributed by atoms with Crippen molar-refractivity contribution in [2.75, 3.05) is 0 Å². The zero-order valence-electron chi connectivity index (χ0n) is 22.3. The fourth-order valence-corrected chi connectivity index (χ4v) is 8.41. The average molecular weight is 569 g/mol. The molecule has 0 fully saturated rings. The maximum atomic E-state index is 10.7. The Hall–Kier alpha value is -5.26. The molecule has 0 aliphatic carbocycles. The van der Waals surface area contributed by atoms with Crippen molar-refractivity contribution in [3.8, 4) is 45.5 Å². The lowest BCUT2D eigenvalue weighted by molar-refractivity contribution is 1.45. The number of thiophene rings is 2. The second-order valence-electron chi connectivity index (χ2n) is 10.3. The van der Waals surface area contributed by atoms with Crippen LogP contribution in [0, 0.1) is 22.7 Å². The molecule has 0 aliphatic heterocycles. The molecule has 0 N–H and O–H groups in total. The molecule has 2 nitrogen and oxygen atoms in total. The van der Waals surface area contributed by atoms with Gasteiger partial charge in [0.25, 0.3) is 0 Å². The van der Waals surface area contributed by atoms with Gasteiger partial charge in [-0.2, -0.15) is 10.5 Å². The molecule has 2 heterocycles. The fourth-order valence-electron chi connectivity index (χ4n) is 6.03. The van der Waals surface area contributed by atoms with Crippen LogP contribution in [0.15, 0.2) is 121 Å². The van der Waals surface area contributed by atoms with E-state index in [1.807, 2.05) is 24.3 Å². The Labute approximate surface area is 250 Å². The zero-order chi connectivity index (χ0) is 28.2. The molecule has 0 bridgehead atoms. The van der Waals surface area contributed by atoms with Gasteiger partial charge in [-0.15, -0.1) is 22.7 Å². The van der Waals surface area contributed by atoms with Gasteiger partial charge in [0.1, 0.15) is 6.07 Å². The predicted octanol–water partition coefficient (Wildman–Crippen LogP) is 11.2. The zero-order valence-corrected chi connectivity index (χ0v) is 23.9. The number of nitrogens with zero attached hydrogens (tertiary/aromatic N) is 2. The van der Waals surface area contributed by atoms with Gasteiger partial charge in [-0.3, -0.25) is 0 Å². The molecule has 8 aromatic rings. The van der Waals surface area contributed by atoms with E-state index in [1.165, 1.54) is 35.6 Å². The number of nitriles is 2. The summed E-state index contributed by atoms with van der Waals surface area (Å²) in [6, 6.07) is 46.6. The van der Waals surface area contributed by atoms with Gasteiger partial charge in [-0.25, -0.2) is 0 Å². The van der Waals surface area contributed by atoms with E-state index in [0.29, 0.717) is 11.1 Å². The standard InChI is InChI=1S/C38H20N2S2/c39-21-24-8-1-2-9-26(24)32-18-25(23-16-17-29-27-10-3-5-14-35(27)41-37(29)20-23)19-33(34(32)22-40)31-13-7-12-30-28-11-4-6-15-36(28)42-38(30)31/h1-20H. The van der Waals surface area contributed by atoms with E-state index in [-0.39, 0.29) is 0 Å². The van der Waals surface area contributed by atoms with Crippen molar-refractivity contribution in [1.82, 2.24) is 0 Å². The van der Waals surface area contributed by atoms with Crippen LogP contribution in [0.4, 0.5) is 0 Å². The van der Waals surface area contributed by atoms with E-state index in [9.17, 15) is 10.5 Å². The molecule has 6 aromatic carbocycles. The molecule has 8 rings (SSSR count). The molecule has 0 atom stereocenters. The maximum absolute atomic E-state index is 10.7. The van der Waals surface area contributed by atoms with Crippen LogP contribution in [0.2, 0.25) is 0 Å². The van der Waals surface area contributed by atoms with Crippen molar-refractivity contribution in [3.63, 3.8) is 0 Å². The van der Waals surface area contributed by atoms with E-state index < -0.39 is 0 Å². The first-order valence-electron chi connectivity index (χ1n) is 13.6. The Morgan fingerprint density at radius 3 is 1.83 bits per heavy atom. The highest BCUT2D eigenvalue weighted by atomic mass is 32.1. The van der Waals surface area contributed by atoms with Crippen LogP contribution < -0.4 is 0 Å². The molecule has 0 aliphatic rings. The molecule has 0 saturated carbocycles. The first-order chi connectivity index (χ1) is 20.7. The van der Waals surface area contributed by atoms with Crippen LogP contribution in [-0.4, -0.2) is 0 Å². The summed E-state index contributed by atoms with van der Waals surface area (Å²) in [5.41, 5.74) is 6.69. The van der Waals surface area contributed by atoms with Crippen LogP contribution in [0.3, 0.4) is 0 Å². The quantitative estimate of drug-likeness (QED) is 0.213. The molecular weight excluding hydrogens is 549 g/mol. The minimum atomic E-state index is 0.553. The van der Waals surface area contributed by atoms with Crippen LogP contribution in [0.1, 0.15) is 11.1 Å². The van der Waals surface area contributed by atoms with Crippen molar-refractivity contribution < 1.29 is 0 Å². The monoisotopic (exact) mass is 568 g/mol. The molecule has 0 saturated heterocycles. The first kappa shape index (κ1) is 24.5. The Kier molecular flexibility index (Phi) is 5.66. The summed E-state index contributed by atoms with van der Waals surface area (Å²) < 4.78 is 4.88. The lowest BCUT2D eigenvalue weighted by atomic mass is 9.86. The Bertz CT molecular complexity index is 2450. The molecule has 0 unspecified atom stereocenters. The van der Waals surface area contributed by atoms with Crippen molar-refractivity contribution in [1.29, 1.82) is 10.5 Å². The van der Waals surface area contributed by atoms with Gasteiger partial charge >= 0.3 is 0 Å².